The van der Waals surface area contributed by atoms with Crippen molar-refractivity contribution in [3.8, 4) is 11.3 Å². The molecule has 2 fully saturated rings. The first kappa shape index (κ1) is 20.5. The summed E-state index contributed by atoms with van der Waals surface area (Å²) in [5, 5.41) is 19.2. The molecule has 1 aromatic carbocycles. The van der Waals surface area contributed by atoms with Gasteiger partial charge in [-0.15, -0.1) is 0 Å². The van der Waals surface area contributed by atoms with Crippen LogP contribution in [0.4, 0.5) is 19.1 Å². The molecule has 2 aliphatic heterocycles. The molecule has 2 aliphatic rings. The van der Waals surface area contributed by atoms with Crippen LogP contribution in [-0.2, 0) is 6.18 Å². The number of hydrogen-bond acceptors (Lipinski definition) is 6. The molecule has 3 atom stereocenters. The van der Waals surface area contributed by atoms with E-state index in [0.717, 1.165) is 12.5 Å². The zero-order valence-electron chi connectivity index (χ0n) is 16.2. The third-order valence-corrected chi connectivity index (χ3v) is 5.56. The summed E-state index contributed by atoms with van der Waals surface area (Å²) in [4.78, 5) is 23.6. The Morgan fingerprint density at radius 2 is 1.73 bits per heavy atom. The van der Waals surface area contributed by atoms with Crippen molar-refractivity contribution in [1.82, 2.24) is 14.9 Å². The molecule has 3 heterocycles. The number of alkyl halides is 3. The van der Waals surface area contributed by atoms with Crippen LogP contribution in [0, 0.1) is 0 Å². The Bertz CT molecular complexity index is 941. The fourth-order valence-electron chi connectivity index (χ4n) is 3.57. The minimum atomic E-state index is -4.60. The van der Waals surface area contributed by atoms with Gasteiger partial charge in [-0.2, -0.15) is 13.2 Å². The van der Waals surface area contributed by atoms with E-state index in [1.165, 1.54) is 29.2 Å². The van der Waals surface area contributed by atoms with E-state index in [-0.39, 0.29) is 36.7 Å². The van der Waals surface area contributed by atoms with E-state index in [4.69, 9.17) is 0 Å². The van der Waals surface area contributed by atoms with Crippen LogP contribution in [0.3, 0.4) is 0 Å². The predicted molar refractivity (Wildman–Crippen MR) is 102 cm³/mol. The van der Waals surface area contributed by atoms with Gasteiger partial charge in [0.05, 0.1) is 17.9 Å². The largest absolute Gasteiger partial charge is 0.433 e. The smallest absolute Gasteiger partial charge is 0.388 e. The van der Waals surface area contributed by atoms with Gasteiger partial charge >= 0.3 is 6.18 Å². The number of amides is 1. The van der Waals surface area contributed by atoms with Gasteiger partial charge in [-0.1, -0.05) is 12.1 Å². The molecule has 30 heavy (non-hydrogen) atoms. The van der Waals surface area contributed by atoms with Crippen molar-refractivity contribution in [2.75, 3.05) is 24.5 Å². The van der Waals surface area contributed by atoms with Crippen LogP contribution in [0.5, 0.6) is 0 Å². The van der Waals surface area contributed by atoms with Gasteiger partial charge in [0.2, 0.25) is 5.95 Å². The highest BCUT2D eigenvalue weighted by Gasteiger charge is 2.36. The molecule has 1 aromatic heterocycles. The van der Waals surface area contributed by atoms with E-state index in [1.807, 2.05) is 6.92 Å². The summed E-state index contributed by atoms with van der Waals surface area (Å²) in [5.74, 6) is -0.329. The lowest BCUT2D eigenvalue weighted by Gasteiger charge is -2.39. The molecular weight excluding hydrogens is 401 g/mol. The molecular formula is C20H21F3N4O3. The normalized spacial score (nSPS) is 24.1. The van der Waals surface area contributed by atoms with E-state index < -0.39 is 24.1 Å². The van der Waals surface area contributed by atoms with E-state index in [9.17, 15) is 28.2 Å². The number of rotatable bonds is 3. The molecule has 2 N–H and O–H groups in total. The first-order chi connectivity index (χ1) is 14.1. The monoisotopic (exact) mass is 422 g/mol. The number of β-amino-alcohol motifs (C(OH)–C–C–N with tert-alkyl or cyclic N) is 2. The standard InChI is InChI=1S/C20H21F3N4O3/c1-11-6-7-27(11)19-24-14(8-17(25-19)20(21,22)23)12-2-4-13(5-3-12)18(30)26-9-15(28)16(29)10-26/h2-5,8,11,15-16,28-29H,6-7,9-10H2,1H3/t11-,15-,16+/m0/s1. The number of aliphatic hydroxyl groups is 2. The summed E-state index contributed by atoms with van der Waals surface area (Å²) in [7, 11) is 0. The number of carbonyl (C=O) groups excluding carboxylic acids is 1. The number of likely N-dealkylation sites (tertiary alicyclic amines) is 1. The fourth-order valence-corrected chi connectivity index (χ4v) is 3.57. The van der Waals surface area contributed by atoms with Crippen LogP contribution in [0.2, 0.25) is 0 Å². The highest BCUT2D eigenvalue weighted by Crippen LogP contribution is 2.33. The lowest BCUT2D eigenvalue weighted by atomic mass is 10.1. The van der Waals surface area contributed by atoms with Crippen LogP contribution in [0.1, 0.15) is 29.4 Å². The third-order valence-electron chi connectivity index (χ3n) is 5.56. The van der Waals surface area contributed by atoms with Gasteiger partial charge in [-0.25, -0.2) is 9.97 Å². The van der Waals surface area contributed by atoms with Gasteiger partial charge in [-0.3, -0.25) is 4.79 Å². The van der Waals surface area contributed by atoms with Crippen LogP contribution < -0.4 is 4.90 Å². The predicted octanol–water partition coefficient (Wildman–Crippen LogP) is 1.94. The van der Waals surface area contributed by atoms with Crippen LogP contribution in [-0.4, -0.2) is 68.9 Å². The maximum Gasteiger partial charge on any atom is 0.433 e. The van der Waals surface area contributed by atoms with Crippen molar-refractivity contribution in [3.05, 3.63) is 41.6 Å². The topological polar surface area (TPSA) is 89.8 Å². The summed E-state index contributed by atoms with van der Waals surface area (Å²) < 4.78 is 40.1. The molecule has 160 valence electrons. The Labute approximate surface area is 170 Å². The van der Waals surface area contributed by atoms with Crippen LogP contribution in [0.15, 0.2) is 30.3 Å². The summed E-state index contributed by atoms with van der Waals surface area (Å²) in [5.41, 5.74) is -0.156. The fraction of sp³-hybridized carbons (Fsp3) is 0.450. The van der Waals surface area contributed by atoms with Gasteiger partial charge < -0.3 is 20.0 Å². The van der Waals surface area contributed by atoms with Crippen molar-refractivity contribution in [2.45, 2.75) is 37.8 Å². The molecule has 2 saturated heterocycles. The number of carbonyl (C=O) groups is 1. The van der Waals surface area contributed by atoms with Crippen molar-refractivity contribution in [2.24, 2.45) is 0 Å². The average Bonchev–Trinajstić information content (AvgIpc) is 3.04. The second kappa shape index (κ2) is 7.51. The zero-order valence-corrected chi connectivity index (χ0v) is 16.2. The molecule has 4 rings (SSSR count). The lowest BCUT2D eigenvalue weighted by molar-refractivity contribution is -0.141. The van der Waals surface area contributed by atoms with E-state index in [1.54, 1.807) is 4.90 Å². The summed E-state index contributed by atoms with van der Waals surface area (Å²) in [6, 6.07) is 7.03. The Hall–Kier alpha value is -2.72. The van der Waals surface area contributed by atoms with Crippen LogP contribution in [0.25, 0.3) is 11.3 Å². The molecule has 7 nitrogen and oxygen atoms in total. The molecule has 0 bridgehead atoms. The minimum absolute atomic E-state index is 0.0278. The molecule has 0 spiro atoms. The Kier molecular flexibility index (Phi) is 5.15. The Morgan fingerprint density at radius 1 is 1.10 bits per heavy atom. The maximum atomic E-state index is 13.4. The number of halogens is 3. The number of benzene rings is 1. The van der Waals surface area contributed by atoms with Gasteiger partial charge in [0.15, 0.2) is 5.69 Å². The minimum Gasteiger partial charge on any atom is -0.388 e. The number of hydrogen-bond donors (Lipinski definition) is 2. The zero-order chi connectivity index (χ0) is 21.6. The van der Waals surface area contributed by atoms with Crippen LogP contribution >= 0.6 is 0 Å². The molecule has 0 unspecified atom stereocenters. The summed E-state index contributed by atoms with van der Waals surface area (Å²) in [6.45, 7) is 2.56. The second-order valence-electron chi connectivity index (χ2n) is 7.69. The van der Waals surface area contributed by atoms with Crippen molar-refractivity contribution >= 4 is 11.9 Å². The highest BCUT2D eigenvalue weighted by atomic mass is 19.4. The third kappa shape index (κ3) is 3.84. The van der Waals surface area contributed by atoms with E-state index in [2.05, 4.69) is 9.97 Å². The molecule has 0 radical (unpaired) electrons. The Morgan fingerprint density at radius 3 is 2.23 bits per heavy atom. The molecule has 2 aromatic rings. The first-order valence-electron chi connectivity index (χ1n) is 9.62. The number of aromatic nitrogens is 2. The highest BCUT2D eigenvalue weighted by molar-refractivity contribution is 5.95. The lowest BCUT2D eigenvalue weighted by Crippen LogP contribution is -2.46. The molecule has 1 amide bonds. The number of anilines is 1. The Balaban J connectivity index is 1.62. The molecule has 0 aliphatic carbocycles. The van der Waals surface area contributed by atoms with Crippen molar-refractivity contribution in [3.63, 3.8) is 0 Å². The maximum absolute atomic E-state index is 13.4. The van der Waals surface area contributed by atoms with E-state index in [0.29, 0.717) is 17.7 Å². The van der Waals surface area contributed by atoms with Crippen molar-refractivity contribution < 1.29 is 28.2 Å². The van der Waals surface area contributed by atoms with Gasteiger partial charge in [-0.05, 0) is 31.5 Å². The summed E-state index contributed by atoms with van der Waals surface area (Å²) >= 11 is 0. The quantitative estimate of drug-likeness (QED) is 0.786. The second-order valence-corrected chi connectivity index (χ2v) is 7.69. The average molecular weight is 422 g/mol. The first-order valence-corrected chi connectivity index (χ1v) is 9.62. The van der Waals surface area contributed by atoms with Gasteiger partial charge in [0, 0.05) is 36.8 Å². The summed E-state index contributed by atoms with van der Waals surface area (Å²) in [6.07, 6.45) is -5.71. The van der Waals surface area contributed by atoms with Gasteiger partial charge in [0.25, 0.3) is 5.91 Å². The van der Waals surface area contributed by atoms with E-state index >= 15 is 0 Å². The molecule has 0 saturated carbocycles. The molecule has 10 heteroatoms. The van der Waals surface area contributed by atoms with Gasteiger partial charge in [0.1, 0.15) is 0 Å². The number of nitrogens with zero attached hydrogens (tertiary/aromatic N) is 4. The number of aliphatic hydroxyl groups excluding tert-OH is 2. The SMILES string of the molecule is C[C@H]1CCN1c1nc(-c2ccc(C(=O)N3C[C@@H](O)[C@@H](O)C3)cc2)cc(C(F)(F)F)n1. The van der Waals surface area contributed by atoms with Crippen molar-refractivity contribution in [1.29, 1.82) is 0 Å².